The minimum atomic E-state index is 0.00671. The van der Waals surface area contributed by atoms with Gasteiger partial charge in [0.2, 0.25) is 0 Å². The third-order valence-corrected chi connectivity index (χ3v) is 3.12. The minimum Gasteiger partial charge on any atom is -0.496 e. The molecular weight excluding hydrogens is 224 g/mol. The van der Waals surface area contributed by atoms with E-state index in [1.807, 2.05) is 13.1 Å². The molecule has 1 N–H and O–H groups in total. The number of rotatable bonds is 4. The van der Waals surface area contributed by atoms with Crippen LogP contribution in [-0.2, 0) is 5.41 Å². The zero-order valence-electron chi connectivity index (χ0n) is 11.9. The summed E-state index contributed by atoms with van der Waals surface area (Å²) in [7, 11) is 3.53. The maximum Gasteiger partial charge on any atom is 0.123 e. The average molecular weight is 246 g/mol. The van der Waals surface area contributed by atoms with Crippen LogP contribution in [0.4, 0.5) is 0 Å². The maximum absolute atomic E-state index is 8.89. The van der Waals surface area contributed by atoms with Gasteiger partial charge in [0.1, 0.15) is 5.75 Å². The Kier molecular flexibility index (Phi) is 4.75. The third kappa shape index (κ3) is 3.24. The van der Waals surface area contributed by atoms with E-state index in [4.69, 9.17) is 10.00 Å². The van der Waals surface area contributed by atoms with E-state index in [0.717, 1.165) is 11.3 Å². The van der Waals surface area contributed by atoms with E-state index in [0.29, 0.717) is 6.42 Å². The number of nitrogens with zero attached hydrogens (tertiary/aromatic N) is 1. The molecule has 0 aliphatic carbocycles. The smallest absolute Gasteiger partial charge is 0.123 e. The molecule has 1 aromatic rings. The summed E-state index contributed by atoms with van der Waals surface area (Å²) in [6, 6.07) is 8.42. The Morgan fingerprint density at radius 3 is 2.50 bits per heavy atom. The summed E-state index contributed by atoms with van der Waals surface area (Å²) in [4.78, 5) is 0. The first-order valence-electron chi connectivity index (χ1n) is 6.16. The second-order valence-electron chi connectivity index (χ2n) is 5.41. The Labute approximate surface area is 110 Å². The highest BCUT2D eigenvalue weighted by molar-refractivity contribution is 5.42. The molecule has 3 heteroatoms. The largest absolute Gasteiger partial charge is 0.496 e. The molecule has 0 radical (unpaired) electrons. The number of hydrogen-bond donors (Lipinski definition) is 1. The molecule has 0 amide bonds. The van der Waals surface area contributed by atoms with Crippen LogP contribution in [0.1, 0.15) is 44.4 Å². The predicted octanol–water partition coefficient (Wildman–Crippen LogP) is 3.17. The molecule has 1 atom stereocenters. The zero-order chi connectivity index (χ0) is 13.8. The summed E-state index contributed by atoms with van der Waals surface area (Å²) < 4.78 is 5.39. The van der Waals surface area contributed by atoms with Gasteiger partial charge in [-0.3, -0.25) is 0 Å². The molecule has 18 heavy (non-hydrogen) atoms. The van der Waals surface area contributed by atoms with E-state index in [-0.39, 0.29) is 11.5 Å². The first kappa shape index (κ1) is 14.5. The summed E-state index contributed by atoms with van der Waals surface area (Å²) in [6.07, 6.45) is 0.431. The van der Waals surface area contributed by atoms with E-state index in [2.05, 4.69) is 44.3 Å². The molecule has 1 rings (SSSR count). The standard InChI is InChI=1S/C15H22N2O/c1-15(2,3)11-6-7-14(18-5)12(10-11)13(17-4)8-9-16/h6-7,10,13,17H,8H2,1-5H3. The molecule has 0 aliphatic rings. The van der Waals surface area contributed by atoms with E-state index in [1.165, 1.54) is 5.56 Å². The van der Waals surface area contributed by atoms with Gasteiger partial charge in [-0.2, -0.15) is 5.26 Å². The topological polar surface area (TPSA) is 45.0 Å². The van der Waals surface area contributed by atoms with Crippen LogP contribution >= 0.6 is 0 Å². The zero-order valence-corrected chi connectivity index (χ0v) is 11.9. The molecule has 0 heterocycles. The van der Waals surface area contributed by atoms with E-state index in [9.17, 15) is 0 Å². The molecule has 0 spiro atoms. The summed E-state index contributed by atoms with van der Waals surface area (Å²) >= 11 is 0. The van der Waals surface area contributed by atoms with Gasteiger partial charge in [0.05, 0.1) is 19.6 Å². The Bertz CT molecular complexity index is 441. The van der Waals surface area contributed by atoms with Gasteiger partial charge in [0, 0.05) is 11.6 Å². The molecule has 0 bridgehead atoms. The van der Waals surface area contributed by atoms with Gasteiger partial charge >= 0.3 is 0 Å². The summed E-state index contributed by atoms with van der Waals surface area (Å²) in [6.45, 7) is 6.53. The van der Waals surface area contributed by atoms with E-state index >= 15 is 0 Å². The Balaban J connectivity index is 3.25. The van der Waals surface area contributed by atoms with Crippen LogP contribution in [0.5, 0.6) is 5.75 Å². The van der Waals surface area contributed by atoms with Crippen LogP contribution in [0.3, 0.4) is 0 Å². The molecule has 0 saturated carbocycles. The third-order valence-electron chi connectivity index (χ3n) is 3.12. The second kappa shape index (κ2) is 5.88. The van der Waals surface area contributed by atoms with Crippen LogP contribution in [0.15, 0.2) is 18.2 Å². The lowest BCUT2D eigenvalue weighted by atomic mass is 9.85. The highest BCUT2D eigenvalue weighted by atomic mass is 16.5. The van der Waals surface area contributed by atoms with Gasteiger partial charge in [-0.25, -0.2) is 0 Å². The van der Waals surface area contributed by atoms with Crippen molar-refractivity contribution in [3.8, 4) is 11.8 Å². The van der Waals surface area contributed by atoms with Gasteiger partial charge in [-0.05, 0) is 30.2 Å². The molecule has 3 nitrogen and oxygen atoms in total. The van der Waals surface area contributed by atoms with Crippen molar-refractivity contribution in [2.75, 3.05) is 14.2 Å². The second-order valence-corrected chi connectivity index (χ2v) is 5.41. The van der Waals surface area contributed by atoms with Crippen molar-refractivity contribution in [2.45, 2.75) is 38.6 Å². The monoisotopic (exact) mass is 246 g/mol. The fourth-order valence-corrected chi connectivity index (χ4v) is 1.93. The predicted molar refractivity (Wildman–Crippen MR) is 73.7 cm³/mol. The lowest BCUT2D eigenvalue weighted by Crippen LogP contribution is -2.18. The molecule has 0 fully saturated rings. The molecular formula is C15H22N2O. The van der Waals surface area contributed by atoms with Crippen molar-refractivity contribution in [1.82, 2.24) is 5.32 Å². The Morgan fingerprint density at radius 2 is 2.06 bits per heavy atom. The van der Waals surface area contributed by atoms with Crippen molar-refractivity contribution >= 4 is 0 Å². The van der Waals surface area contributed by atoms with Crippen molar-refractivity contribution in [1.29, 1.82) is 5.26 Å². The van der Waals surface area contributed by atoms with Gasteiger partial charge in [0.15, 0.2) is 0 Å². The maximum atomic E-state index is 8.89. The van der Waals surface area contributed by atoms with Crippen molar-refractivity contribution < 1.29 is 4.74 Å². The lowest BCUT2D eigenvalue weighted by molar-refractivity contribution is 0.401. The highest BCUT2D eigenvalue weighted by Crippen LogP contribution is 2.32. The molecule has 1 unspecified atom stereocenters. The van der Waals surface area contributed by atoms with Crippen LogP contribution in [0.2, 0.25) is 0 Å². The number of nitrogens with one attached hydrogen (secondary N) is 1. The summed E-state index contributed by atoms with van der Waals surface area (Å²) in [5.74, 6) is 0.831. The molecule has 0 aromatic heterocycles. The summed E-state index contributed by atoms with van der Waals surface area (Å²) in [5.41, 5.74) is 2.39. The molecule has 0 saturated heterocycles. The Hall–Kier alpha value is -1.53. The first-order valence-corrected chi connectivity index (χ1v) is 6.16. The Morgan fingerprint density at radius 1 is 1.39 bits per heavy atom. The number of nitriles is 1. The lowest BCUT2D eigenvalue weighted by Gasteiger charge is -2.23. The fraction of sp³-hybridized carbons (Fsp3) is 0.533. The SMILES string of the molecule is CNC(CC#N)c1cc(C(C)(C)C)ccc1OC. The average Bonchev–Trinajstić information content (AvgIpc) is 2.34. The molecule has 98 valence electrons. The van der Waals surface area contributed by atoms with Crippen molar-refractivity contribution in [3.05, 3.63) is 29.3 Å². The van der Waals surface area contributed by atoms with Crippen molar-refractivity contribution in [3.63, 3.8) is 0 Å². The number of ether oxygens (including phenoxy) is 1. The number of benzene rings is 1. The van der Waals surface area contributed by atoms with Gasteiger partial charge < -0.3 is 10.1 Å². The van der Waals surface area contributed by atoms with E-state index in [1.54, 1.807) is 7.11 Å². The number of hydrogen-bond acceptors (Lipinski definition) is 3. The van der Waals surface area contributed by atoms with Crippen molar-refractivity contribution in [2.24, 2.45) is 0 Å². The van der Waals surface area contributed by atoms with Gasteiger partial charge in [0.25, 0.3) is 0 Å². The first-order chi connectivity index (χ1) is 8.43. The van der Waals surface area contributed by atoms with E-state index < -0.39 is 0 Å². The van der Waals surface area contributed by atoms with Crippen LogP contribution < -0.4 is 10.1 Å². The fourth-order valence-electron chi connectivity index (χ4n) is 1.93. The normalized spacial score (nSPS) is 12.9. The minimum absolute atomic E-state index is 0.00671. The van der Waals surface area contributed by atoms with Crippen LogP contribution in [0.25, 0.3) is 0 Å². The molecule has 0 aliphatic heterocycles. The van der Waals surface area contributed by atoms with Gasteiger partial charge in [-0.15, -0.1) is 0 Å². The molecule has 1 aromatic carbocycles. The quantitative estimate of drug-likeness (QED) is 0.887. The van der Waals surface area contributed by atoms with Crippen LogP contribution in [0, 0.1) is 11.3 Å². The van der Waals surface area contributed by atoms with Gasteiger partial charge in [-0.1, -0.05) is 26.8 Å². The highest BCUT2D eigenvalue weighted by Gasteiger charge is 2.19. The number of methoxy groups -OCH3 is 1. The summed E-state index contributed by atoms with van der Waals surface area (Å²) in [5, 5.41) is 12.1. The van der Waals surface area contributed by atoms with Crippen LogP contribution in [-0.4, -0.2) is 14.2 Å².